The second kappa shape index (κ2) is 4.31. The van der Waals surface area contributed by atoms with Crippen LogP contribution in [0.3, 0.4) is 0 Å². The highest BCUT2D eigenvalue weighted by molar-refractivity contribution is 6.74. The fraction of sp³-hybridized carbons (Fsp3) is 0.846. The molecule has 0 saturated heterocycles. The molecule has 15 heavy (non-hydrogen) atoms. The monoisotopic (exact) mass is 224 g/mol. The first-order valence-corrected chi connectivity index (χ1v) is 8.83. The summed E-state index contributed by atoms with van der Waals surface area (Å²) in [6.45, 7) is 11.4. The highest BCUT2D eigenvalue weighted by atomic mass is 28.4. The van der Waals surface area contributed by atoms with Gasteiger partial charge in [-0.2, -0.15) is 0 Å². The highest BCUT2D eigenvalue weighted by Gasteiger charge is 2.41. The van der Waals surface area contributed by atoms with E-state index in [0.29, 0.717) is 12.0 Å². The van der Waals surface area contributed by atoms with Gasteiger partial charge in [-0.25, -0.2) is 0 Å². The number of rotatable bonds is 2. The van der Waals surface area contributed by atoms with E-state index in [0.717, 1.165) is 12.8 Å². The smallest absolute Gasteiger partial charge is 0.192 e. The molecule has 86 valence electrons. The van der Waals surface area contributed by atoms with Crippen molar-refractivity contribution in [1.82, 2.24) is 0 Å². The van der Waals surface area contributed by atoms with Crippen molar-refractivity contribution >= 4 is 8.32 Å². The second-order valence-corrected chi connectivity index (χ2v) is 10.9. The Bertz CT molecular complexity index is 257. The van der Waals surface area contributed by atoms with Crippen molar-refractivity contribution < 1.29 is 4.43 Å². The zero-order valence-corrected chi connectivity index (χ0v) is 11.8. The Labute approximate surface area is 95.7 Å². The summed E-state index contributed by atoms with van der Waals surface area (Å²) in [6, 6.07) is 0. The molecule has 2 unspecified atom stereocenters. The predicted molar refractivity (Wildman–Crippen MR) is 68.2 cm³/mol. The van der Waals surface area contributed by atoms with Gasteiger partial charge in [0.05, 0.1) is 6.10 Å². The third-order valence-electron chi connectivity index (χ3n) is 3.92. The molecule has 1 saturated carbocycles. The van der Waals surface area contributed by atoms with Crippen molar-refractivity contribution in [2.75, 3.05) is 0 Å². The quantitative estimate of drug-likeness (QED) is 0.512. The molecule has 1 aliphatic carbocycles. The van der Waals surface area contributed by atoms with Crippen molar-refractivity contribution in [3.63, 3.8) is 0 Å². The Morgan fingerprint density at radius 3 is 2.33 bits per heavy atom. The predicted octanol–water partition coefficient (Wildman–Crippen LogP) is 3.81. The standard InChI is InChI=1S/C13H24OSi/c1-7-11-9-8-10-12(11)14-15(5,6)13(2,3)4/h1,11-12H,8-10H2,2-6H3. The van der Waals surface area contributed by atoms with Crippen LogP contribution in [0.25, 0.3) is 0 Å². The van der Waals surface area contributed by atoms with Crippen LogP contribution in [-0.2, 0) is 4.43 Å². The molecule has 0 aliphatic heterocycles. The summed E-state index contributed by atoms with van der Waals surface area (Å²) in [5.41, 5.74) is 0. The minimum atomic E-state index is -1.62. The molecule has 1 rings (SSSR count). The van der Waals surface area contributed by atoms with E-state index < -0.39 is 8.32 Å². The van der Waals surface area contributed by atoms with Crippen LogP contribution in [0, 0.1) is 18.3 Å². The zero-order chi connectivity index (χ0) is 11.7. The van der Waals surface area contributed by atoms with E-state index in [1.807, 2.05) is 0 Å². The first-order valence-electron chi connectivity index (χ1n) is 5.92. The van der Waals surface area contributed by atoms with Crippen LogP contribution < -0.4 is 0 Å². The van der Waals surface area contributed by atoms with Gasteiger partial charge in [0.15, 0.2) is 8.32 Å². The van der Waals surface area contributed by atoms with Gasteiger partial charge >= 0.3 is 0 Å². The van der Waals surface area contributed by atoms with E-state index in [-0.39, 0.29) is 5.04 Å². The molecule has 0 bridgehead atoms. The fourth-order valence-corrected chi connectivity index (χ4v) is 3.21. The molecule has 1 fully saturated rings. The molecule has 0 aromatic carbocycles. The number of terminal acetylenes is 1. The Kier molecular flexibility index (Phi) is 3.68. The molecule has 1 nitrogen and oxygen atoms in total. The number of hydrogen-bond acceptors (Lipinski definition) is 1. The summed E-state index contributed by atoms with van der Waals surface area (Å²) in [6.07, 6.45) is 9.40. The molecular weight excluding hydrogens is 200 g/mol. The molecular formula is C13H24OSi. The lowest BCUT2D eigenvalue weighted by Gasteiger charge is -2.39. The summed E-state index contributed by atoms with van der Waals surface area (Å²) < 4.78 is 6.36. The third-order valence-corrected chi connectivity index (χ3v) is 8.42. The molecule has 2 heteroatoms. The van der Waals surface area contributed by atoms with Crippen molar-refractivity contribution in [2.45, 2.75) is 64.3 Å². The fourth-order valence-electron chi connectivity index (χ4n) is 1.81. The van der Waals surface area contributed by atoms with Gasteiger partial charge in [0, 0.05) is 5.92 Å². The molecule has 0 N–H and O–H groups in total. The van der Waals surface area contributed by atoms with Gasteiger partial charge in [-0.1, -0.05) is 20.8 Å². The molecule has 0 spiro atoms. The van der Waals surface area contributed by atoms with Gasteiger partial charge in [-0.15, -0.1) is 12.3 Å². The molecule has 0 aromatic rings. The summed E-state index contributed by atoms with van der Waals surface area (Å²) in [5.74, 6) is 3.25. The first-order chi connectivity index (χ1) is 6.78. The summed E-state index contributed by atoms with van der Waals surface area (Å²) >= 11 is 0. The SMILES string of the molecule is C#CC1CCCC1O[Si](C)(C)C(C)(C)C. The molecule has 2 atom stereocenters. The second-order valence-electron chi connectivity index (χ2n) is 6.12. The van der Waals surface area contributed by atoms with Crippen LogP contribution in [0.5, 0.6) is 0 Å². The largest absolute Gasteiger partial charge is 0.413 e. The van der Waals surface area contributed by atoms with Gasteiger partial charge in [0.25, 0.3) is 0 Å². The van der Waals surface area contributed by atoms with Gasteiger partial charge in [0.2, 0.25) is 0 Å². The average Bonchev–Trinajstić information content (AvgIpc) is 2.48. The lowest BCUT2D eigenvalue weighted by atomic mass is 10.1. The maximum atomic E-state index is 6.36. The lowest BCUT2D eigenvalue weighted by molar-refractivity contribution is 0.163. The van der Waals surface area contributed by atoms with Crippen molar-refractivity contribution in [3.05, 3.63) is 0 Å². The van der Waals surface area contributed by atoms with Gasteiger partial charge in [0.1, 0.15) is 0 Å². The van der Waals surface area contributed by atoms with E-state index >= 15 is 0 Å². The van der Waals surface area contributed by atoms with E-state index in [2.05, 4.69) is 39.8 Å². The molecule has 1 aliphatic rings. The summed E-state index contributed by atoms with van der Waals surface area (Å²) in [7, 11) is -1.62. The van der Waals surface area contributed by atoms with E-state index in [1.165, 1.54) is 6.42 Å². The van der Waals surface area contributed by atoms with E-state index in [1.54, 1.807) is 0 Å². The number of hydrogen-bond donors (Lipinski definition) is 0. The van der Waals surface area contributed by atoms with Gasteiger partial charge < -0.3 is 4.43 Å². The normalized spacial score (nSPS) is 27.7. The van der Waals surface area contributed by atoms with Crippen LogP contribution in [0.4, 0.5) is 0 Å². The van der Waals surface area contributed by atoms with Gasteiger partial charge in [-0.3, -0.25) is 0 Å². The van der Waals surface area contributed by atoms with E-state index in [4.69, 9.17) is 10.8 Å². The highest BCUT2D eigenvalue weighted by Crippen LogP contribution is 2.40. The summed E-state index contributed by atoms with van der Waals surface area (Å²) in [4.78, 5) is 0. The average molecular weight is 224 g/mol. The van der Waals surface area contributed by atoms with Crippen LogP contribution in [0.1, 0.15) is 40.0 Å². The Hall–Kier alpha value is -0.263. The molecule has 0 heterocycles. The maximum absolute atomic E-state index is 6.36. The van der Waals surface area contributed by atoms with Crippen LogP contribution in [-0.4, -0.2) is 14.4 Å². The molecule has 0 radical (unpaired) electrons. The maximum Gasteiger partial charge on any atom is 0.192 e. The van der Waals surface area contributed by atoms with E-state index in [9.17, 15) is 0 Å². The topological polar surface area (TPSA) is 9.23 Å². The zero-order valence-electron chi connectivity index (χ0n) is 10.8. The minimum Gasteiger partial charge on any atom is -0.413 e. The Balaban J connectivity index is 2.66. The summed E-state index contributed by atoms with van der Waals surface area (Å²) in [5, 5.41) is 0.286. The van der Waals surface area contributed by atoms with Crippen LogP contribution in [0.2, 0.25) is 18.1 Å². The van der Waals surface area contributed by atoms with Crippen molar-refractivity contribution in [2.24, 2.45) is 5.92 Å². The Morgan fingerprint density at radius 1 is 1.27 bits per heavy atom. The van der Waals surface area contributed by atoms with Crippen molar-refractivity contribution in [1.29, 1.82) is 0 Å². The first kappa shape index (κ1) is 12.8. The molecule has 0 aromatic heterocycles. The minimum absolute atomic E-state index is 0.286. The van der Waals surface area contributed by atoms with Crippen LogP contribution >= 0.6 is 0 Å². The third kappa shape index (κ3) is 2.86. The lowest BCUT2D eigenvalue weighted by Crippen LogP contribution is -2.44. The van der Waals surface area contributed by atoms with Crippen molar-refractivity contribution in [3.8, 4) is 12.3 Å². The molecule has 0 amide bonds. The van der Waals surface area contributed by atoms with Gasteiger partial charge in [-0.05, 0) is 37.4 Å². The Morgan fingerprint density at radius 2 is 1.87 bits per heavy atom. The van der Waals surface area contributed by atoms with Crippen LogP contribution in [0.15, 0.2) is 0 Å².